The lowest BCUT2D eigenvalue weighted by atomic mass is 9.95. The first-order valence-corrected chi connectivity index (χ1v) is 6.53. The summed E-state index contributed by atoms with van der Waals surface area (Å²) in [6, 6.07) is 14.9. The largest absolute Gasteiger partial charge is 0.481 e. The number of carbonyl (C=O) groups excluding carboxylic acids is 2. The number of rotatable bonds is 6. The fourth-order valence-corrected chi connectivity index (χ4v) is 2.04. The van der Waals surface area contributed by atoms with Crippen LogP contribution in [-0.4, -0.2) is 22.6 Å². The first-order valence-electron chi connectivity index (χ1n) is 6.53. The standard InChI is InChI=1S/C17H14O4/c18-15(19)11-10-12-6-4-5-9-14(12)17(21)16(20)13-7-2-1-3-8-13/h1-9H,10-11H2,(H,18,19). The lowest BCUT2D eigenvalue weighted by Gasteiger charge is -2.07. The van der Waals surface area contributed by atoms with E-state index in [1.54, 1.807) is 54.6 Å². The third-order valence-corrected chi connectivity index (χ3v) is 3.11. The molecule has 0 atom stereocenters. The zero-order valence-electron chi connectivity index (χ0n) is 11.3. The fraction of sp³-hybridized carbons (Fsp3) is 0.118. The quantitative estimate of drug-likeness (QED) is 0.653. The molecule has 0 fully saturated rings. The van der Waals surface area contributed by atoms with E-state index in [1.807, 2.05) is 0 Å². The number of aryl methyl sites for hydroxylation is 1. The van der Waals surface area contributed by atoms with Crippen molar-refractivity contribution in [3.63, 3.8) is 0 Å². The molecule has 0 aliphatic rings. The lowest BCUT2D eigenvalue weighted by Crippen LogP contribution is -2.16. The van der Waals surface area contributed by atoms with Crippen LogP contribution in [0.2, 0.25) is 0 Å². The van der Waals surface area contributed by atoms with E-state index < -0.39 is 17.5 Å². The van der Waals surface area contributed by atoms with Gasteiger partial charge in [0, 0.05) is 17.5 Å². The summed E-state index contributed by atoms with van der Waals surface area (Å²) in [5, 5.41) is 8.74. The van der Waals surface area contributed by atoms with E-state index in [0.29, 0.717) is 11.1 Å². The molecule has 0 bridgehead atoms. The Bertz CT molecular complexity index is 674. The van der Waals surface area contributed by atoms with Crippen LogP contribution in [0.3, 0.4) is 0 Å². The van der Waals surface area contributed by atoms with E-state index in [9.17, 15) is 14.4 Å². The highest BCUT2D eigenvalue weighted by atomic mass is 16.4. The van der Waals surface area contributed by atoms with E-state index in [-0.39, 0.29) is 18.4 Å². The maximum Gasteiger partial charge on any atom is 0.303 e. The Morgan fingerprint density at radius 3 is 2.10 bits per heavy atom. The van der Waals surface area contributed by atoms with Crippen LogP contribution in [0, 0.1) is 0 Å². The number of carboxylic acid groups (broad SMARTS) is 1. The molecule has 0 amide bonds. The molecule has 0 unspecified atom stereocenters. The van der Waals surface area contributed by atoms with Crippen LogP contribution >= 0.6 is 0 Å². The minimum atomic E-state index is -0.938. The van der Waals surface area contributed by atoms with Crippen molar-refractivity contribution in [3.05, 3.63) is 71.3 Å². The van der Waals surface area contributed by atoms with Gasteiger partial charge in [-0.05, 0) is 12.0 Å². The second-order valence-electron chi connectivity index (χ2n) is 4.58. The number of hydrogen-bond acceptors (Lipinski definition) is 3. The number of hydrogen-bond donors (Lipinski definition) is 1. The van der Waals surface area contributed by atoms with Gasteiger partial charge in [0.25, 0.3) is 0 Å². The van der Waals surface area contributed by atoms with E-state index in [1.165, 1.54) is 0 Å². The van der Waals surface area contributed by atoms with Gasteiger partial charge in [0.05, 0.1) is 0 Å². The highest BCUT2D eigenvalue weighted by Gasteiger charge is 2.20. The van der Waals surface area contributed by atoms with Crippen molar-refractivity contribution in [2.75, 3.05) is 0 Å². The van der Waals surface area contributed by atoms with Crippen molar-refractivity contribution >= 4 is 17.5 Å². The molecule has 4 nitrogen and oxygen atoms in total. The van der Waals surface area contributed by atoms with Gasteiger partial charge in [0.15, 0.2) is 0 Å². The molecule has 21 heavy (non-hydrogen) atoms. The summed E-state index contributed by atoms with van der Waals surface area (Å²) in [6.07, 6.45) is 0.142. The summed E-state index contributed by atoms with van der Waals surface area (Å²) in [7, 11) is 0. The SMILES string of the molecule is O=C(O)CCc1ccccc1C(=O)C(=O)c1ccccc1. The summed E-state index contributed by atoms with van der Waals surface area (Å²) >= 11 is 0. The summed E-state index contributed by atoms with van der Waals surface area (Å²) in [5.41, 5.74) is 1.18. The molecular formula is C17H14O4. The maximum absolute atomic E-state index is 12.3. The summed E-state index contributed by atoms with van der Waals surface area (Å²) in [4.78, 5) is 35.1. The van der Waals surface area contributed by atoms with Crippen LogP contribution in [0.4, 0.5) is 0 Å². The zero-order valence-corrected chi connectivity index (χ0v) is 11.3. The summed E-state index contributed by atoms with van der Waals surface area (Å²) in [5.74, 6) is -2.13. The molecule has 0 aliphatic heterocycles. The van der Waals surface area contributed by atoms with Gasteiger partial charge < -0.3 is 5.11 Å². The second-order valence-corrected chi connectivity index (χ2v) is 4.58. The van der Waals surface area contributed by atoms with Crippen LogP contribution in [0.15, 0.2) is 54.6 Å². The predicted molar refractivity (Wildman–Crippen MR) is 77.5 cm³/mol. The molecule has 2 rings (SSSR count). The van der Waals surface area contributed by atoms with Crippen molar-refractivity contribution < 1.29 is 19.5 Å². The van der Waals surface area contributed by atoms with E-state index in [4.69, 9.17) is 5.11 Å². The first-order chi connectivity index (χ1) is 10.1. The third kappa shape index (κ3) is 3.63. The fourth-order valence-electron chi connectivity index (χ4n) is 2.04. The number of aliphatic carboxylic acids is 1. The number of carbonyl (C=O) groups is 3. The maximum atomic E-state index is 12.3. The zero-order chi connectivity index (χ0) is 15.2. The molecular weight excluding hydrogens is 268 g/mol. The van der Waals surface area contributed by atoms with Crippen molar-refractivity contribution in [1.82, 2.24) is 0 Å². The topological polar surface area (TPSA) is 71.4 Å². The molecule has 4 heteroatoms. The van der Waals surface area contributed by atoms with Gasteiger partial charge in [-0.1, -0.05) is 54.6 Å². The normalized spacial score (nSPS) is 10.1. The van der Waals surface area contributed by atoms with Crippen molar-refractivity contribution in [2.24, 2.45) is 0 Å². The van der Waals surface area contributed by atoms with E-state index >= 15 is 0 Å². The molecule has 0 heterocycles. The van der Waals surface area contributed by atoms with Crippen molar-refractivity contribution in [2.45, 2.75) is 12.8 Å². The highest BCUT2D eigenvalue weighted by Crippen LogP contribution is 2.15. The molecule has 0 aliphatic carbocycles. The Balaban J connectivity index is 2.27. The second kappa shape index (κ2) is 6.61. The predicted octanol–water partition coefficient (Wildman–Crippen LogP) is 2.77. The van der Waals surface area contributed by atoms with Gasteiger partial charge >= 0.3 is 5.97 Å². The minimum Gasteiger partial charge on any atom is -0.481 e. The van der Waals surface area contributed by atoms with Gasteiger partial charge in [-0.25, -0.2) is 0 Å². The molecule has 106 valence electrons. The molecule has 2 aromatic rings. The average molecular weight is 282 g/mol. The minimum absolute atomic E-state index is 0.0795. The summed E-state index contributed by atoms with van der Waals surface area (Å²) < 4.78 is 0. The smallest absolute Gasteiger partial charge is 0.303 e. The molecule has 0 aromatic heterocycles. The van der Waals surface area contributed by atoms with Crippen molar-refractivity contribution in [1.29, 1.82) is 0 Å². The first kappa shape index (κ1) is 14.7. The van der Waals surface area contributed by atoms with Gasteiger partial charge in [0.1, 0.15) is 0 Å². The van der Waals surface area contributed by atoms with Gasteiger partial charge in [-0.2, -0.15) is 0 Å². The molecule has 0 saturated heterocycles. The summed E-state index contributed by atoms with van der Waals surface area (Å²) in [6.45, 7) is 0. The van der Waals surface area contributed by atoms with Gasteiger partial charge in [0.2, 0.25) is 11.6 Å². The molecule has 1 N–H and O–H groups in total. The average Bonchev–Trinajstić information content (AvgIpc) is 2.52. The number of Topliss-reactive ketones (excluding diaryl/α,β-unsaturated/α-hetero) is 2. The number of benzene rings is 2. The van der Waals surface area contributed by atoms with Crippen LogP contribution in [0.25, 0.3) is 0 Å². The highest BCUT2D eigenvalue weighted by molar-refractivity contribution is 6.49. The Kier molecular flexibility index (Phi) is 4.61. The third-order valence-electron chi connectivity index (χ3n) is 3.11. The Morgan fingerprint density at radius 1 is 0.810 bits per heavy atom. The van der Waals surface area contributed by atoms with Gasteiger partial charge in [-0.15, -0.1) is 0 Å². The Labute approximate surface area is 122 Å². The van der Waals surface area contributed by atoms with Crippen LogP contribution in [0.1, 0.15) is 32.7 Å². The lowest BCUT2D eigenvalue weighted by molar-refractivity contribution is -0.136. The van der Waals surface area contributed by atoms with E-state index in [2.05, 4.69) is 0 Å². The molecule has 0 saturated carbocycles. The number of ketones is 2. The van der Waals surface area contributed by atoms with E-state index in [0.717, 1.165) is 0 Å². The Morgan fingerprint density at radius 2 is 1.43 bits per heavy atom. The molecule has 2 aromatic carbocycles. The monoisotopic (exact) mass is 282 g/mol. The van der Waals surface area contributed by atoms with Crippen LogP contribution < -0.4 is 0 Å². The van der Waals surface area contributed by atoms with Crippen molar-refractivity contribution in [3.8, 4) is 0 Å². The molecule has 0 spiro atoms. The molecule has 0 radical (unpaired) electrons. The van der Waals surface area contributed by atoms with Crippen LogP contribution in [0.5, 0.6) is 0 Å². The van der Waals surface area contributed by atoms with Crippen LogP contribution in [-0.2, 0) is 11.2 Å². The number of carboxylic acids is 1. The Hall–Kier alpha value is -2.75. The van der Waals surface area contributed by atoms with Gasteiger partial charge in [-0.3, -0.25) is 14.4 Å².